The van der Waals surface area contributed by atoms with Gasteiger partial charge >= 0.3 is 17.9 Å². The van der Waals surface area contributed by atoms with Gasteiger partial charge in [0.1, 0.15) is 73.6 Å². The molecule has 38 nitrogen and oxygen atoms in total. The second kappa shape index (κ2) is 34.5. The van der Waals surface area contributed by atoms with E-state index < -0.39 is 43.5 Å². The molecule has 0 aromatic carbocycles. The fourth-order valence-electron chi connectivity index (χ4n) is 9.69. The van der Waals surface area contributed by atoms with Gasteiger partial charge < -0.3 is 40.1 Å². The smallest absolute Gasteiger partial charge is 0.354 e. The number of nitrogens with zero attached hydrogens (tertiary/aromatic N) is 24. The number of carboxylic acids is 3. The fourth-order valence-corrected chi connectivity index (χ4v) is 9.69. The summed E-state index contributed by atoms with van der Waals surface area (Å²) in [6, 6.07) is 0. The number of aromatic carboxylic acids is 3. The number of hydrogen-bond donors (Lipinski definition) is 6. The van der Waals surface area contributed by atoms with Gasteiger partial charge in [-0.15, -0.1) is 0 Å². The molecule has 0 saturated carbocycles. The van der Waals surface area contributed by atoms with Crippen LogP contribution in [0.2, 0.25) is 0 Å². The molecule has 38 heteroatoms. The summed E-state index contributed by atoms with van der Waals surface area (Å²) in [4.78, 5) is 117. The second-order valence-electron chi connectivity index (χ2n) is 20.8. The Balaban J connectivity index is 0.000000170. The average Bonchev–Trinajstić information content (AvgIpc) is 1.74. The third kappa shape index (κ3) is 17.4. The number of aryl methyl sites for hydroxylation is 10. The van der Waals surface area contributed by atoms with Gasteiger partial charge in [0.15, 0.2) is 28.6 Å². The maximum atomic E-state index is 11.7. The van der Waals surface area contributed by atoms with Crippen LogP contribution in [0.5, 0.6) is 11.5 Å². The number of ether oxygens (including phenoxy) is 2. The average molecular weight is 1380 g/mol. The number of aliphatic hydroxyl groups excluding tert-OH is 3. The lowest BCUT2D eigenvalue weighted by atomic mass is 10.1. The molecule has 0 aliphatic carbocycles. The number of carbonyl (C=O) groups is 6. The molecule has 0 aliphatic rings. The molecule has 522 valence electrons. The van der Waals surface area contributed by atoms with Gasteiger partial charge in [-0.2, -0.15) is 30.6 Å². The highest BCUT2D eigenvalue weighted by Gasteiger charge is 2.26. The lowest BCUT2D eigenvalue weighted by molar-refractivity contribution is 0.0675. The number of Topliss-reactive ketones (excluding diaryl/α,β-unsaturated/α-hetero) is 3. The molecule has 0 aliphatic heterocycles. The first-order chi connectivity index (χ1) is 48.3. The predicted octanol–water partition coefficient (Wildman–Crippen LogP) is 3.13. The number of carboxylic acid groups (broad SMARTS) is 3. The summed E-state index contributed by atoms with van der Waals surface area (Å²) in [5, 5.41) is 78.0. The summed E-state index contributed by atoms with van der Waals surface area (Å²) in [5.41, 5.74) is 10.8. The molecule has 0 unspecified atom stereocenters. The maximum absolute atomic E-state index is 11.7. The Morgan fingerprint density at radius 2 is 0.564 bits per heavy atom. The van der Waals surface area contributed by atoms with Gasteiger partial charge in [0.25, 0.3) is 0 Å². The number of ketones is 3. The highest BCUT2D eigenvalue weighted by atomic mass is 16.5. The van der Waals surface area contributed by atoms with Crippen molar-refractivity contribution in [2.75, 3.05) is 34.0 Å². The molecule has 0 amide bonds. The Morgan fingerprint density at radius 3 is 0.842 bits per heavy atom. The lowest BCUT2D eigenvalue weighted by Gasteiger charge is -2.06. The summed E-state index contributed by atoms with van der Waals surface area (Å²) in [7, 11) is 12.6. The number of aliphatic hydroxyl groups is 3. The van der Waals surface area contributed by atoms with E-state index in [1.165, 1.54) is 111 Å². The topological polar surface area (TPSA) is 504 Å². The first-order valence-electron chi connectivity index (χ1n) is 29.4. The molecule has 101 heavy (non-hydrogen) atoms. The van der Waals surface area contributed by atoms with E-state index in [0.717, 1.165) is 11.1 Å². The molecule has 12 heterocycles. The number of methoxy groups -OCH3 is 2. The van der Waals surface area contributed by atoms with Crippen molar-refractivity contribution in [2.24, 2.45) is 42.3 Å². The molecule has 0 radical (unpaired) electrons. The molecule has 12 aromatic rings. The Kier molecular flexibility index (Phi) is 25.7. The van der Waals surface area contributed by atoms with Crippen molar-refractivity contribution in [3.05, 3.63) is 169 Å². The van der Waals surface area contributed by atoms with Crippen LogP contribution >= 0.6 is 0 Å². The van der Waals surface area contributed by atoms with Crippen LogP contribution in [0.15, 0.2) is 112 Å². The summed E-state index contributed by atoms with van der Waals surface area (Å²) in [6.45, 7) is 5.59. The van der Waals surface area contributed by atoms with Crippen LogP contribution in [-0.4, -0.2) is 218 Å². The minimum Gasteiger partial charge on any atom is -0.493 e. The van der Waals surface area contributed by atoms with E-state index in [4.69, 9.17) is 40.1 Å². The molecule has 0 bridgehead atoms. The van der Waals surface area contributed by atoms with Crippen LogP contribution in [0, 0.1) is 27.7 Å². The molecule has 12 rings (SSSR count). The zero-order valence-corrected chi connectivity index (χ0v) is 56.2. The van der Waals surface area contributed by atoms with Gasteiger partial charge in [0.2, 0.25) is 17.3 Å². The van der Waals surface area contributed by atoms with Crippen LogP contribution in [0.1, 0.15) is 85.4 Å². The Labute approximate surface area is 572 Å². The minimum atomic E-state index is -1.07. The van der Waals surface area contributed by atoms with Crippen molar-refractivity contribution in [3.63, 3.8) is 0 Å². The van der Waals surface area contributed by atoms with Crippen LogP contribution in [0.25, 0.3) is 67.5 Å². The number of hydrogen-bond acceptors (Lipinski definition) is 29. The maximum Gasteiger partial charge on any atom is 0.354 e. The molecule has 0 spiro atoms. The number of rotatable bonds is 17. The normalized spacial score (nSPS) is 10.4. The first-order valence-corrected chi connectivity index (χ1v) is 29.4. The monoisotopic (exact) mass is 1380 g/mol. The summed E-state index contributed by atoms with van der Waals surface area (Å²) in [5.74, 6) is -3.46. The van der Waals surface area contributed by atoms with Crippen molar-refractivity contribution in [3.8, 4) is 79.0 Å². The van der Waals surface area contributed by atoms with E-state index >= 15 is 0 Å². The highest BCUT2D eigenvalue weighted by Crippen LogP contribution is 2.32. The van der Waals surface area contributed by atoms with E-state index in [2.05, 4.69) is 90.4 Å². The fraction of sp³-hybridized carbons (Fsp3) is 0.238. The minimum absolute atomic E-state index is 0.0574. The van der Waals surface area contributed by atoms with E-state index in [1.54, 1.807) is 92.6 Å². The molecule has 12 aromatic heterocycles. The summed E-state index contributed by atoms with van der Waals surface area (Å²) < 4.78 is 18.4. The molecule has 0 fully saturated rings. The third-order valence-electron chi connectivity index (χ3n) is 14.3. The van der Waals surface area contributed by atoms with Crippen LogP contribution in [-0.2, 0) is 42.3 Å². The van der Waals surface area contributed by atoms with Crippen molar-refractivity contribution < 1.29 is 68.9 Å². The van der Waals surface area contributed by atoms with Gasteiger partial charge in [-0.3, -0.25) is 62.4 Å². The van der Waals surface area contributed by atoms with E-state index in [9.17, 15) is 28.8 Å². The van der Waals surface area contributed by atoms with Gasteiger partial charge in [-0.1, -0.05) is 0 Å². The SMILES string of the molecule is COc1cncnc1-c1cnn(C)c1C(=O)CO.COc1cncnc1-c1cnn(C)c1C(=O)O.Cc1cncnc1-c1cnn(C)c1C(=O)CO.Cc1cncnc1-c1cnn(C)c1C(=O)O.Cc1nccnc1-c1cnn(C)c1C(=O)CO.Cc1nccnc1-c1cnn(C)c1C(=O)O. The highest BCUT2D eigenvalue weighted by molar-refractivity contribution is 6.03. The van der Waals surface area contributed by atoms with Crippen LogP contribution in [0.3, 0.4) is 0 Å². The first kappa shape index (κ1) is 75.0. The van der Waals surface area contributed by atoms with E-state index in [-0.39, 0.29) is 34.3 Å². The molecular formula is C63H66N24O14. The zero-order valence-electron chi connectivity index (χ0n) is 56.2. The van der Waals surface area contributed by atoms with Gasteiger partial charge in [0.05, 0.1) is 126 Å². The standard InChI is InChI=1S/C11H12N4O3.2C11H12N4O2.C10H10N4O3.2C10H10N4O2/c1-15-11(8(17)5-16)7(3-14-15)10-9(18-2)4-12-6-13-10;1-7-3-12-6-13-10(7)8-4-14-15(2)11(8)9(17)5-16;1-7-10(13-4-3-12-7)8-5-14-15(2)11(8)9(17)6-16;1-14-9(10(15)16)6(3-13-14)8-7(17-2)4-11-5-12-8;1-6-3-11-5-12-8(6)7-4-13-14(2)9(7)10(15)16;1-6-8(12-4-3-11-6)7-5-13-14(2)9(7)10(15)16/h3-4,6,16H,5H2,1-2H3;3-4,6,16H,5H2,1-2H3;3-5,16H,6H2,1-2H3;3-5H,1-2H3,(H,15,16);2*3-5H,1-2H3,(H,15,16). The van der Waals surface area contributed by atoms with Crippen molar-refractivity contribution in [2.45, 2.75) is 27.7 Å². The van der Waals surface area contributed by atoms with Gasteiger partial charge in [-0.05, 0) is 38.8 Å². The molecule has 0 atom stereocenters. The Bertz CT molecular complexity index is 4730. The summed E-state index contributed by atoms with van der Waals surface area (Å²) >= 11 is 0. The zero-order chi connectivity index (χ0) is 73.8. The van der Waals surface area contributed by atoms with Crippen LogP contribution in [0.4, 0.5) is 0 Å². The largest absolute Gasteiger partial charge is 0.493 e. The lowest BCUT2D eigenvalue weighted by Crippen LogP contribution is -2.12. The second-order valence-corrected chi connectivity index (χ2v) is 20.8. The van der Waals surface area contributed by atoms with Crippen molar-refractivity contribution in [1.29, 1.82) is 0 Å². The van der Waals surface area contributed by atoms with Crippen LogP contribution < -0.4 is 9.47 Å². The predicted molar refractivity (Wildman–Crippen MR) is 353 cm³/mol. The molecule has 6 N–H and O–H groups in total. The van der Waals surface area contributed by atoms with Gasteiger partial charge in [-0.25, -0.2) is 54.3 Å². The quantitative estimate of drug-likeness (QED) is 0.0713. The van der Waals surface area contributed by atoms with Crippen molar-refractivity contribution in [1.82, 2.24) is 118 Å². The molecule has 0 saturated heterocycles. The molecular weight excluding hydrogens is 1320 g/mol. The Morgan fingerprint density at radius 1 is 0.327 bits per heavy atom. The Hall–Kier alpha value is -13.4. The number of carbonyl (C=O) groups excluding carboxylic acids is 3. The van der Waals surface area contributed by atoms with E-state index in [1.807, 2.05) is 20.8 Å². The summed E-state index contributed by atoms with van der Waals surface area (Å²) in [6.07, 6.45) is 27.1. The third-order valence-corrected chi connectivity index (χ3v) is 14.3. The van der Waals surface area contributed by atoms with Gasteiger partial charge in [0, 0.05) is 85.0 Å². The van der Waals surface area contributed by atoms with E-state index in [0.29, 0.717) is 102 Å². The number of aromatic nitrogens is 24. The van der Waals surface area contributed by atoms with Crippen molar-refractivity contribution >= 4 is 35.3 Å².